The number of rotatable bonds is 3. The van der Waals surface area contributed by atoms with Gasteiger partial charge in [-0.15, -0.1) is 0 Å². The number of benzene rings is 1. The van der Waals surface area contributed by atoms with Gasteiger partial charge >= 0.3 is 0 Å². The predicted molar refractivity (Wildman–Crippen MR) is 82.6 cm³/mol. The van der Waals surface area contributed by atoms with Gasteiger partial charge in [-0.05, 0) is 38.3 Å². The summed E-state index contributed by atoms with van der Waals surface area (Å²) in [5, 5.41) is 20.7. The molecular formula is C15H21N3O4. The van der Waals surface area contributed by atoms with E-state index in [1.54, 1.807) is 24.8 Å². The van der Waals surface area contributed by atoms with Gasteiger partial charge < -0.3 is 15.7 Å². The van der Waals surface area contributed by atoms with Gasteiger partial charge in [-0.25, -0.2) is 0 Å². The number of hydrogen-bond donors (Lipinski definition) is 2. The second kappa shape index (κ2) is 6.31. The molecule has 2 rings (SSSR count). The molecule has 7 heteroatoms. The van der Waals surface area contributed by atoms with Crippen LogP contribution in [0, 0.1) is 23.0 Å². The molecule has 22 heavy (non-hydrogen) atoms. The molecule has 0 bridgehead atoms. The molecule has 1 heterocycles. The van der Waals surface area contributed by atoms with Gasteiger partial charge in [0.25, 0.3) is 11.6 Å². The van der Waals surface area contributed by atoms with Crippen molar-refractivity contribution in [1.82, 2.24) is 4.90 Å². The predicted octanol–water partition coefficient (Wildman–Crippen LogP) is 1.72. The van der Waals surface area contributed by atoms with Gasteiger partial charge in [0.05, 0.1) is 16.6 Å². The normalized spacial score (nSPS) is 19.8. The van der Waals surface area contributed by atoms with E-state index in [-0.39, 0.29) is 28.8 Å². The highest BCUT2D eigenvalue weighted by Crippen LogP contribution is 2.29. The number of nitro groups is 1. The third-order valence-electron chi connectivity index (χ3n) is 4.16. The molecule has 1 saturated heterocycles. The molecule has 0 saturated carbocycles. The molecule has 120 valence electrons. The highest BCUT2D eigenvalue weighted by Gasteiger charge is 2.29. The van der Waals surface area contributed by atoms with Gasteiger partial charge in [-0.3, -0.25) is 14.9 Å². The van der Waals surface area contributed by atoms with E-state index in [0.29, 0.717) is 18.7 Å². The lowest BCUT2D eigenvalue weighted by atomic mass is 9.93. The maximum atomic E-state index is 12.7. The highest BCUT2D eigenvalue weighted by atomic mass is 16.6. The largest absolute Gasteiger partial charge is 0.393 e. The zero-order valence-corrected chi connectivity index (χ0v) is 12.8. The van der Waals surface area contributed by atoms with E-state index in [4.69, 9.17) is 5.73 Å². The smallest absolute Gasteiger partial charge is 0.293 e. The van der Waals surface area contributed by atoms with E-state index < -0.39 is 11.0 Å². The van der Waals surface area contributed by atoms with Crippen LogP contribution in [0.2, 0.25) is 0 Å². The van der Waals surface area contributed by atoms with Crippen molar-refractivity contribution in [2.75, 3.05) is 18.8 Å². The van der Waals surface area contributed by atoms with Gasteiger partial charge in [0.1, 0.15) is 5.69 Å². The Balaban J connectivity index is 2.31. The molecule has 1 amide bonds. The number of amides is 1. The first-order valence-electron chi connectivity index (χ1n) is 7.33. The van der Waals surface area contributed by atoms with Crippen LogP contribution in [0.1, 0.15) is 35.7 Å². The number of carbonyl (C=O) groups is 1. The number of hydrogen-bond acceptors (Lipinski definition) is 5. The number of aryl methyl sites for hydroxylation is 1. The number of nitrogens with two attached hydrogens (primary N) is 1. The molecule has 7 nitrogen and oxygen atoms in total. The molecule has 0 radical (unpaired) electrons. The van der Waals surface area contributed by atoms with E-state index in [0.717, 1.165) is 12.8 Å². The Hall–Kier alpha value is -2.15. The maximum absolute atomic E-state index is 12.7. The van der Waals surface area contributed by atoms with Crippen molar-refractivity contribution in [2.45, 2.75) is 32.8 Å². The number of nitro benzene ring substituents is 1. The number of nitrogen functional groups attached to an aromatic ring is 1. The van der Waals surface area contributed by atoms with Crippen LogP contribution in [0.15, 0.2) is 12.1 Å². The van der Waals surface area contributed by atoms with Gasteiger partial charge in [-0.2, -0.15) is 0 Å². The second-order valence-corrected chi connectivity index (χ2v) is 5.90. The number of aliphatic hydroxyl groups is 1. The van der Waals surface area contributed by atoms with Crippen molar-refractivity contribution < 1.29 is 14.8 Å². The molecule has 3 N–H and O–H groups in total. The van der Waals surface area contributed by atoms with E-state index in [1.165, 1.54) is 6.07 Å². The standard InChI is InChI=1S/C15H21N3O4/c1-9-6-12(14(16)13(7-9)18(21)22)15(20)17-5-3-4-11(8-17)10(2)19/h6-7,10-11,19H,3-5,8,16H2,1-2H3. The minimum absolute atomic E-state index is 0.0266. The molecule has 2 unspecified atom stereocenters. The molecule has 1 aromatic rings. The SMILES string of the molecule is Cc1cc(C(=O)N2CCCC(C(C)O)C2)c(N)c([N+](=O)[O-])c1. The number of likely N-dealkylation sites (tertiary alicyclic amines) is 1. The lowest BCUT2D eigenvalue weighted by Crippen LogP contribution is -2.43. The molecule has 1 aliphatic heterocycles. The highest BCUT2D eigenvalue weighted by molar-refractivity contribution is 6.01. The van der Waals surface area contributed by atoms with E-state index in [1.807, 2.05) is 0 Å². The van der Waals surface area contributed by atoms with Crippen LogP contribution in [-0.4, -0.2) is 40.0 Å². The van der Waals surface area contributed by atoms with Crippen LogP contribution in [-0.2, 0) is 0 Å². The zero-order chi connectivity index (χ0) is 16.4. The lowest BCUT2D eigenvalue weighted by Gasteiger charge is -2.34. The van der Waals surface area contributed by atoms with E-state index in [9.17, 15) is 20.0 Å². The molecule has 1 aliphatic rings. The average Bonchev–Trinajstić information content (AvgIpc) is 2.48. The molecule has 0 aromatic heterocycles. The van der Waals surface area contributed by atoms with E-state index in [2.05, 4.69) is 0 Å². The summed E-state index contributed by atoms with van der Waals surface area (Å²) >= 11 is 0. The number of anilines is 1. The summed E-state index contributed by atoms with van der Waals surface area (Å²) in [5.41, 5.74) is 6.26. The van der Waals surface area contributed by atoms with Crippen molar-refractivity contribution in [1.29, 1.82) is 0 Å². The third-order valence-corrected chi connectivity index (χ3v) is 4.16. The zero-order valence-electron chi connectivity index (χ0n) is 12.8. The summed E-state index contributed by atoms with van der Waals surface area (Å²) in [7, 11) is 0. The van der Waals surface area contributed by atoms with Crippen molar-refractivity contribution in [3.8, 4) is 0 Å². The monoisotopic (exact) mass is 307 g/mol. The van der Waals surface area contributed by atoms with Crippen molar-refractivity contribution in [2.24, 2.45) is 5.92 Å². The Labute approximate surface area is 128 Å². The number of aliphatic hydroxyl groups excluding tert-OH is 1. The van der Waals surface area contributed by atoms with Crippen LogP contribution in [0.25, 0.3) is 0 Å². The van der Waals surface area contributed by atoms with Crippen LogP contribution in [0.4, 0.5) is 11.4 Å². The third kappa shape index (κ3) is 3.19. The van der Waals surface area contributed by atoms with Gasteiger partial charge in [0.15, 0.2) is 0 Å². The fourth-order valence-corrected chi connectivity index (χ4v) is 2.87. The Bertz CT molecular complexity index is 601. The number of carbonyl (C=O) groups excluding carboxylic acids is 1. The van der Waals surface area contributed by atoms with Gasteiger partial charge in [0, 0.05) is 25.1 Å². The molecule has 0 aliphatic carbocycles. The summed E-state index contributed by atoms with van der Waals surface area (Å²) in [6.45, 7) is 4.42. The molecule has 2 atom stereocenters. The quantitative estimate of drug-likeness (QED) is 0.502. The second-order valence-electron chi connectivity index (χ2n) is 5.90. The first kappa shape index (κ1) is 16.2. The molecular weight excluding hydrogens is 286 g/mol. The van der Waals surface area contributed by atoms with Crippen LogP contribution >= 0.6 is 0 Å². The Kier molecular flexibility index (Phi) is 4.65. The summed E-state index contributed by atoms with van der Waals surface area (Å²) in [5.74, 6) is -0.284. The topological polar surface area (TPSA) is 110 Å². The van der Waals surface area contributed by atoms with Gasteiger partial charge in [0.2, 0.25) is 0 Å². The summed E-state index contributed by atoms with van der Waals surface area (Å²) in [6, 6.07) is 2.94. The van der Waals surface area contributed by atoms with E-state index >= 15 is 0 Å². The lowest BCUT2D eigenvalue weighted by molar-refractivity contribution is -0.384. The van der Waals surface area contributed by atoms with Crippen LogP contribution in [0.5, 0.6) is 0 Å². The fraction of sp³-hybridized carbons (Fsp3) is 0.533. The van der Waals surface area contributed by atoms with Crippen LogP contribution < -0.4 is 5.73 Å². The Morgan fingerprint density at radius 2 is 2.23 bits per heavy atom. The first-order valence-corrected chi connectivity index (χ1v) is 7.33. The number of piperidine rings is 1. The van der Waals surface area contributed by atoms with Crippen molar-refractivity contribution >= 4 is 17.3 Å². The average molecular weight is 307 g/mol. The minimum atomic E-state index is -0.575. The summed E-state index contributed by atoms with van der Waals surface area (Å²) in [4.78, 5) is 24.7. The summed E-state index contributed by atoms with van der Waals surface area (Å²) in [6.07, 6.45) is 1.18. The van der Waals surface area contributed by atoms with Crippen molar-refractivity contribution in [3.05, 3.63) is 33.4 Å². The fourth-order valence-electron chi connectivity index (χ4n) is 2.87. The minimum Gasteiger partial charge on any atom is -0.393 e. The Morgan fingerprint density at radius 1 is 1.55 bits per heavy atom. The van der Waals surface area contributed by atoms with Gasteiger partial charge in [-0.1, -0.05) is 0 Å². The van der Waals surface area contributed by atoms with Crippen LogP contribution in [0.3, 0.4) is 0 Å². The Morgan fingerprint density at radius 3 is 2.82 bits per heavy atom. The molecule has 1 aromatic carbocycles. The molecule has 0 spiro atoms. The summed E-state index contributed by atoms with van der Waals surface area (Å²) < 4.78 is 0. The maximum Gasteiger partial charge on any atom is 0.293 e. The van der Waals surface area contributed by atoms with Crippen molar-refractivity contribution in [3.63, 3.8) is 0 Å². The first-order chi connectivity index (χ1) is 10.3. The molecule has 1 fully saturated rings. The number of nitrogens with zero attached hydrogens (tertiary/aromatic N) is 2.